The molecule has 1 atom stereocenters. The molecule has 3 N–H and O–H groups in total. The molecule has 1 unspecified atom stereocenters. The Balaban J connectivity index is 0.791. The van der Waals surface area contributed by atoms with Gasteiger partial charge in [0.15, 0.2) is 0 Å². The third-order valence-corrected chi connectivity index (χ3v) is 12.4. The van der Waals surface area contributed by atoms with Crippen LogP contribution in [0, 0.1) is 17.3 Å². The van der Waals surface area contributed by atoms with Crippen LogP contribution in [0.4, 0.5) is 10.5 Å². The molecule has 66 heavy (non-hydrogen) atoms. The van der Waals surface area contributed by atoms with Crippen molar-refractivity contribution in [3.05, 3.63) is 59.4 Å². The molecule has 362 valence electrons. The summed E-state index contributed by atoms with van der Waals surface area (Å²) in [6.07, 6.45) is 8.36. The summed E-state index contributed by atoms with van der Waals surface area (Å²) in [6, 6.07) is 9.38. The number of hydrogen-bond donors (Lipinski definition) is 3. The first-order valence-corrected chi connectivity index (χ1v) is 23.5. The third-order valence-electron chi connectivity index (χ3n) is 12.4. The Morgan fingerprint density at radius 2 is 1.33 bits per heavy atom. The van der Waals surface area contributed by atoms with Crippen LogP contribution in [-0.2, 0) is 56.0 Å². The number of urea groups is 1. The number of aromatic nitrogens is 1. The number of nitrogens with zero attached hydrogens (tertiary/aromatic N) is 5. The largest absolute Gasteiger partial charge is 0.379 e. The van der Waals surface area contributed by atoms with Gasteiger partial charge in [-0.3, -0.25) is 33.9 Å². The second-order valence-electron chi connectivity index (χ2n) is 17.8. The molecule has 0 saturated carbocycles. The number of unbranched alkanes of at least 4 members (excludes halogenated alkanes) is 3. The topological polar surface area (TPSA) is 210 Å². The first-order chi connectivity index (χ1) is 31.8. The van der Waals surface area contributed by atoms with Gasteiger partial charge >= 0.3 is 6.03 Å². The molecule has 0 bridgehead atoms. The highest BCUT2D eigenvalue weighted by atomic mass is 16.6. The number of pyridine rings is 1. The molecule has 0 radical (unpaired) electrons. The standard InChI is InChI=1S/C48H70N8O10/c1-35(2)48(4)30-44(60)55(45(61)31-48)20-14-41(57)51-18-22-64-24-26-66-28-27-65-25-23-63-21-15-42(58)50-16-7-5-6-8-19-56-43(59)29-36(3)46(53-56)37-9-11-40(12-10-37)52-47(62)54-33-38-13-17-49-32-39(38)34-54/h9-13,17,32,35-36H,5-8,14-16,18-31,33-34H2,1-4H3,(H,50,58)(H,51,57)(H,52,62). The molecule has 18 nitrogen and oxygen atoms in total. The number of carbonyl (C=O) groups excluding carboxylic acids is 6. The van der Waals surface area contributed by atoms with E-state index in [9.17, 15) is 28.8 Å². The zero-order chi connectivity index (χ0) is 47.3. The molecule has 18 heteroatoms. The van der Waals surface area contributed by atoms with E-state index >= 15 is 0 Å². The van der Waals surface area contributed by atoms with E-state index in [1.165, 1.54) is 4.90 Å². The molecule has 1 aromatic carbocycles. The molecule has 1 saturated heterocycles. The number of rotatable bonds is 28. The van der Waals surface area contributed by atoms with Gasteiger partial charge in [0.05, 0.1) is 58.6 Å². The van der Waals surface area contributed by atoms with Crippen LogP contribution in [0.15, 0.2) is 47.8 Å². The monoisotopic (exact) mass is 919 g/mol. The summed E-state index contributed by atoms with van der Waals surface area (Å²) in [5.41, 5.74) is 4.31. The number of hydrogen-bond acceptors (Lipinski definition) is 12. The lowest BCUT2D eigenvalue weighted by Crippen LogP contribution is -2.49. The summed E-state index contributed by atoms with van der Waals surface area (Å²) < 4.78 is 22.0. The van der Waals surface area contributed by atoms with Crippen molar-refractivity contribution in [1.29, 1.82) is 0 Å². The van der Waals surface area contributed by atoms with E-state index in [0.717, 1.165) is 48.1 Å². The molecule has 3 aliphatic rings. The highest BCUT2D eigenvalue weighted by Crippen LogP contribution is 2.39. The maximum absolute atomic E-state index is 12.9. The zero-order valence-corrected chi connectivity index (χ0v) is 39.3. The summed E-state index contributed by atoms with van der Waals surface area (Å²) in [5.74, 6) is -0.521. The second kappa shape index (κ2) is 26.7. The van der Waals surface area contributed by atoms with Crippen molar-refractivity contribution in [2.24, 2.45) is 22.4 Å². The van der Waals surface area contributed by atoms with Crippen molar-refractivity contribution in [3.8, 4) is 0 Å². The minimum Gasteiger partial charge on any atom is -0.379 e. The molecule has 1 fully saturated rings. The number of benzene rings is 1. The van der Waals surface area contributed by atoms with Crippen molar-refractivity contribution >= 4 is 47.0 Å². The first-order valence-electron chi connectivity index (χ1n) is 23.5. The van der Waals surface area contributed by atoms with Crippen molar-refractivity contribution in [2.45, 2.75) is 98.6 Å². The lowest BCUT2D eigenvalue weighted by atomic mass is 9.71. The van der Waals surface area contributed by atoms with Crippen LogP contribution in [0.25, 0.3) is 0 Å². The molecular formula is C48H70N8O10. The fourth-order valence-corrected chi connectivity index (χ4v) is 7.84. The summed E-state index contributed by atoms with van der Waals surface area (Å²) in [6.45, 7) is 13.5. The maximum Gasteiger partial charge on any atom is 0.322 e. The second-order valence-corrected chi connectivity index (χ2v) is 17.8. The third kappa shape index (κ3) is 16.5. The quantitative estimate of drug-likeness (QED) is 0.0790. The van der Waals surface area contributed by atoms with Crippen molar-refractivity contribution in [3.63, 3.8) is 0 Å². The van der Waals surface area contributed by atoms with E-state index in [0.29, 0.717) is 111 Å². The van der Waals surface area contributed by atoms with E-state index in [1.54, 1.807) is 22.3 Å². The van der Waals surface area contributed by atoms with E-state index in [2.05, 4.69) is 20.9 Å². The van der Waals surface area contributed by atoms with Gasteiger partial charge in [-0.15, -0.1) is 0 Å². The van der Waals surface area contributed by atoms with Gasteiger partial charge in [-0.05, 0) is 59.1 Å². The number of carbonyl (C=O) groups is 6. The van der Waals surface area contributed by atoms with Crippen molar-refractivity contribution in [2.75, 3.05) is 84.4 Å². The van der Waals surface area contributed by atoms with Gasteiger partial charge in [-0.1, -0.05) is 52.7 Å². The smallest absolute Gasteiger partial charge is 0.322 e. The lowest BCUT2D eigenvalue weighted by molar-refractivity contribution is -0.154. The van der Waals surface area contributed by atoms with Gasteiger partial charge in [0.1, 0.15) is 0 Å². The van der Waals surface area contributed by atoms with Gasteiger partial charge in [-0.25, -0.2) is 9.80 Å². The van der Waals surface area contributed by atoms with Gasteiger partial charge in [0.25, 0.3) is 0 Å². The predicted molar refractivity (Wildman–Crippen MR) is 247 cm³/mol. The number of hydrazone groups is 1. The molecule has 7 amide bonds. The van der Waals surface area contributed by atoms with Gasteiger partial charge < -0.3 is 39.8 Å². The normalized spacial score (nSPS) is 17.0. The van der Waals surface area contributed by atoms with E-state index in [4.69, 9.17) is 24.0 Å². The number of imide groups is 1. The molecule has 4 heterocycles. The average molecular weight is 919 g/mol. The number of nitrogens with one attached hydrogen (secondary N) is 3. The fourth-order valence-electron chi connectivity index (χ4n) is 7.84. The van der Waals surface area contributed by atoms with Crippen LogP contribution >= 0.6 is 0 Å². The van der Waals surface area contributed by atoms with Crippen LogP contribution in [0.2, 0.25) is 0 Å². The number of amides is 7. The van der Waals surface area contributed by atoms with E-state index in [-0.39, 0.29) is 72.2 Å². The Labute approximate surface area is 388 Å². The van der Waals surface area contributed by atoms with Gasteiger partial charge in [0, 0.05) is 95.4 Å². The van der Waals surface area contributed by atoms with Gasteiger partial charge in [0.2, 0.25) is 29.5 Å². The maximum atomic E-state index is 12.9. The SMILES string of the molecule is CC1CC(=O)N(CCCCCCNC(=O)CCOCCOCCOCCOCCNC(=O)CCN2C(=O)CC(C)(C(C)C)CC2=O)N=C1c1ccc(NC(=O)N2Cc3ccncc3C2)cc1. The van der Waals surface area contributed by atoms with Crippen LogP contribution in [0.5, 0.6) is 0 Å². The minimum absolute atomic E-state index is 0.0141. The molecular weight excluding hydrogens is 849 g/mol. The van der Waals surface area contributed by atoms with Crippen LogP contribution in [-0.4, -0.2) is 140 Å². The zero-order valence-electron chi connectivity index (χ0n) is 39.3. The Morgan fingerprint density at radius 1 is 0.727 bits per heavy atom. The predicted octanol–water partition coefficient (Wildman–Crippen LogP) is 4.65. The Hall–Kier alpha value is -5.30. The molecule has 0 spiro atoms. The number of anilines is 1. The average Bonchev–Trinajstić information content (AvgIpc) is 3.73. The Morgan fingerprint density at radius 3 is 2.00 bits per heavy atom. The van der Waals surface area contributed by atoms with Crippen molar-refractivity contribution in [1.82, 2.24) is 30.4 Å². The number of fused-ring (bicyclic) bond motifs is 1. The van der Waals surface area contributed by atoms with Crippen molar-refractivity contribution < 1.29 is 47.7 Å². The highest BCUT2D eigenvalue weighted by molar-refractivity contribution is 6.06. The molecule has 2 aromatic rings. The fraction of sp³-hybridized carbons (Fsp3) is 0.625. The number of likely N-dealkylation sites (tertiary alicyclic amines) is 1. The molecule has 0 aliphatic carbocycles. The Kier molecular flexibility index (Phi) is 20.9. The van der Waals surface area contributed by atoms with Gasteiger partial charge in [-0.2, -0.15) is 5.10 Å². The van der Waals surface area contributed by atoms with Crippen LogP contribution in [0.1, 0.15) is 102 Å². The number of piperidine rings is 1. The summed E-state index contributed by atoms with van der Waals surface area (Å²) in [4.78, 5) is 82.2. The van der Waals surface area contributed by atoms with Crippen LogP contribution in [0.3, 0.4) is 0 Å². The summed E-state index contributed by atoms with van der Waals surface area (Å²) in [7, 11) is 0. The van der Waals surface area contributed by atoms with E-state index in [1.807, 2.05) is 58.0 Å². The highest BCUT2D eigenvalue weighted by Gasteiger charge is 2.42. The lowest BCUT2D eigenvalue weighted by Gasteiger charge is -2.40. The van der Waals surface area contributed by atoms with Crippen LogP contribution < -0.4 is 16.0 Å². The summed E-state index contributed by atoms with van der Waals surface area (Å²) >= 11 is 0. The molecule has 3 aliphatic heterocycles. The minimum atomic E-state index is -0.336. The number of ether oxygens (including phenoxy) is 4. The van der Waals surface area contributed by atoms with E-state index < -0.39 is 0 Å². The Bertz CT molecular complexity index is 1920. The summed E-state index contributed by atoms with van der Waals surface area (Å²) in [5, 5.41) is 15.0. The first kappa shape index (κ1) is 51.7. The molecule has 5 rings (SSSR count). The molecule has 1 aromatic heterocycles.